The third-order valence-corrected chi connectivity index (χ3v) is 5.21. The molecule has 4 rings (SSSR count). The smallest absolute Gasteiger partial charge is 0.417 e. The van der Waals surface area contributed by atoms with Crippen molar-refractivity contribution in [2.45, 2.75) is 31.9 Å². The zero-order valence-electron chi connectivity index (χ0n) is 14.6. The molecule has 1 heterocycles. The van der Waals surface area contributed by atoms with Gasteiger partial charge in [-0.2, -0.15) is 13.2 Å². The largest absolute Gasteiger partial charge is 0.420 e. The lowest BCUT2D eigenvalue weighted by Gasteiger charge is -2.10. The van der Waals surface area contributed by atoms with Gasteiger partial charge < -0.3 is 4.42 Å². The van der Waals surface area contributed by atoms with Crippen molar-refractivity contribution < 1.29 is 22.0 Å². The summed E-state index contributed by atoms with van der Waals surface area (Å²) in [5.74, 6) is -0.843. The first-order valence-electron chi connectivity index (χ1n) is 8.45. The van der Waals surface area contributed by atoms with Gasteiger partial charge in [-0.3, -0.25) is 0 Å². The molecule has 1 aromatic heterocycles. The van der Waals surface area contributed by atoms with Gasteiger partial charge in [-0.05, 0) is 29.2 Å². The van der Waals surface area contributed by atoms with Gasteiger partial charge in [0.2, 0.25) is 11.8 Å². The summed E-state index contributed by atoms with van der Waals surface area (Å²) in [6.07, 6.45) is -4.65. The maximum atomic E-state index is 13.5. The van der Waals surface area contributed by atoms with Gasteiger partial charge in [-0.25, -0.2) is 4.39 Å². The minimum Gasteiger partial charge on any atom is -0.420 e. The van der Waals surface area contributed by atoms with Crippen LogP contribution in [0.5, 0.6) is 0 Å². The summed E-state index contributed by atoms with van der Waals surface area (Å²) in [4.78, 5) is 0. The fourth-order valence-electron chi connectivity index (χ4n) is 3.79. The Bertz CT molecular complexity index is 979. The van der Waals surface area contributed by atoms with E-state index in [9.17, 15) is 17.6 Å². The number of hydrogen-bond acceptors (Lipinski definition) is 3. The number of alkyl halides is 3. The molecule has 0 radical (unpaired) electrons. The van der Waals surface area contributed by atoms with Crippen LogP contribution in [0.15, 0.2) is 52.9 Å². The van der Waals surface area contributed by atoms with Crippen molar-refractivity contribution in [2.24, 2.45) is 5.41 Å². The van der Waals surface area contributed by atoms with E-state index in [1.54, 1.807) is 0 Å². The molecule has 0 unspecified atom stereocenters. The van der Waals surface area contributed by atoms with E-state index in [0.29, 0.717) is 6.07 Å². The van der Waals surface area contributed by atoms with Gasteiger partial charge in [0.15, 0.2) is 0 Å². The first kappa shape index (κ1) is 17.7. The van der Waals surface area contributed by atoms with Crippen LogP contribution in [-0.4, -0.2) is 10.2 Å². The van der Waals surface area contributed by atoms with Crippen molar-refractivity contribution in [2.75, 3.05) is 0 Å². The molecule has 0 bridgehead atoms. The SMILES string of the molecule is CC1(C)[C@@H](c2ccccc2)[C@@H]1c1nnc(-c2cc(F)ccc2C(F)(F)F)o1. The Labute approximate surface area is 153 Å². The van der Waals surface area contributed by atoms with Crippen molar-refractivity contribution >= 4 is 0 Å². The zero-order valence-corrected chi connectivity index (χ0v) is 14.6. The number of hydrogen-bond donors (Lipinski definition) is 0. The average molecular weight is 376 g/mol. The summed E-state index contributed by atoms with van der Waals surface area (Å²) in [6.45, 7) is 4.09. The summed E-state index contributed by atoms with van der Waals surface area (Å²) in [5, 5.41) is 7.75. The van der Waals surface area contributed by atoms with E-state index in [1.165, 1.54) is 0 Å². The summed E-state index contributed by atoms with van der Waals surface area (Å²) in [5.41, 5.74) is -0.515. The quantitative estimate of drug-likeness (QED) is 0.542. The van der Waals surface area contributed by atoms with Crippen molar-refractivity contribution in [1.82, 2.24) is 10.2 Å². The van der Waals surface area contributed by atoms with Gasteiger partial charge >= 0.3 is 6.18 Å². The second-order valence-electron chi connectivity index (χ2n) is 7.32. The Hall–Kier alpha value is -2.70. The third kappa shape index (κ3) is 3.01. The minimum atomic E-state index is -4.65. The number of rotatable bonds is 3. The molecule has 1 aliphatic rings. The van der Waals surface area contributed by atoms with Gasteiger partial charge in [-0.15, -0.1) is 10.2 Å². The number of aromatic nitrogens is 2. The predicted molar refractivity (Wildman–Crippen MR) is 90.4 cm³/mol. The van der Waals surface area contributed by atoms with Crippen LogP contribution in [0, 0.1) is 11.2 Å². The molecule has 3 nitrogen and oxygen atoms in total. The lowest BCUT2D eigenvalue weighted by molar-refractivity contribution is -0.137. The van der Waals surface area contributed by atoms with Crippen molar-refractivity contribution in [3.63, 3.8) is 0 Å². The van der Waals surface area contributed by atoms with Crippen molar-refractivity contribution in [1.29, 1.82) is 0 Å². The molecular weight excluding hydrogens is 360 g/mol. The number of benzene rings is 2. The predicted octanol–water partition coefficient (Wildman–Crippen LogP) is 5.80. The van der Waals surface area contributed by atoms with Crippen LogP contribution in [0.25, 0.3) is 11.5 Å². The van der Waals surface area contributed by atoms with Gasteiger partial charge in [0.1, 0.15) is 5.82 Å². The van der Waals surface area contributed by atoms with E-state index in [0.717, 1.165) is 17.7 Å². The molecule has 27 heavy (non-hydrogen) atoms. The van der Waals surface area contributed by atoms with E-state index >= 15 is 0 Å². The maximum absolute atomic E-state index is 13.5. The topological polar surface area (TPSA) is 38.9 Å². The molecule has 1 fully saturated rings. The van der Waals surface area contributed by atoms with Crippen LogP contribution >= 0.6 is 0 Å². The second kappa shape index (κ2) is 5.90. The molecule has 1 saturated carbocycles. The van der Waals surface area contributed by atoms with E-state index in [4.69, 9.17) is 4.42 Å². The van der Waals surface area contributed by atoms with E-state index < -0.39 is 23.1 Å². The Morgan fingerprint density at radius 3 is 2.33 bits per heavy atom. The normalized spacial score (nSPS) is 21.3. The van der Waals surface area contributed by atoms with Gasteiger partial charge in [0, 0.05) is 5.92 Å². The van der Waals surface area contributed by atoms with Crippen LogP contribution in [0.2, 0.25) is 0 Å². The molecule has 0 saturated heterocycles. The van der Waals surface area contributed by atoms with Gasteiger partial charge in [0.25, 0.3) is 0 Å². The molecule has 140 valence electrons. The molecule has 3 aromatic rings. The summed E-state index contributed by atoms with van der Waals surface area (Å²) < 4.78 is 58.8. The fourth-order valence-corrected chi connectivity index (χ4v) is 3.79. The van der Waals surface area contributed by atoms with E-state index in [1.807, 2.05) is 44.2 Å². The second-order valence-corrected chi connectivity index (χ2v) is 7.32. The third-order valence-electron chi connectivity index (χ3n) is 5.21. The molecule has 0 amide bonds. The molecular formula is C20H16F4N2O. The van der Waals surface area contributed by atoms with Crippen LogP contribution in [0.1, 0.15) is 42.7 Å². The van der Waals surface area contributed by atoms with E-state index in [-0.39, 0.29) is 29.0 Å². The summed E-state index contributed by atoms with van der Waals surface area (Å²) in [6, 6.07) is 12.0. The van der Waals surface area contributed by atoms with E-state index in [2.05, 4.69) is 10.2 Å². The molecule has 0 N–H and O–H groups in total. The van der Waals surface area contributed by atoms with Crippen LogP contribution in [-0.2, 0) is 6.18 Å². The Balaban J connectivity index is 1.71. The lowest BCUT2D eigenvalue weighted by Crippen LogP contribution is -2.07. The monoisotopic (exact) mass is 376 g/mol. The number of halogens is 4. The first-order chi connectivity index (χ1) is 12.7. The van der Waals surface area contributed by atoms with Crippen LogP contribution < -0.4 is 0 Å². The van der Waals surface area contributed by atoms with Crippen LogP contribution in [0.3, 0.4) is 0 Å². The molecule has 1 aliphatic carbocycles. The molecule has 2 atom stereocenters. The fraction of sp³-hybridized carbons (Fsp3) is 0.300. The lowest BCUT2D eigenvalue weighted by atomic mass is 10.0. The first-order valence-corrected chi connectivity index (χ1v) is 8.45. The Morgan fingerprint density at radius 2 is 1.67 bits per heavy atom. The zero-order chi connectivity index (χ0) is 19.4. The van der Waals surface area contributed by atoms with Crippen molar-refractivity contribution in [3.05, 3.63) is 71.4 Å². The highest BCUT2D eigenvalue weighted by atomic mass is 19.4. The standard InChI is InChI=1S/C20H16F4N2O/c1-19(2)15(11-6-4-3-5-7-11)16(19)18-26-25-17(27-18)13-10-12(21)8-9-14(13)20(22,23)24/h3-10,15-16H,1-2H3/t15-,16+/m0/s1. The minimum absolute atomic E-state index is 0.107. The molecule has 0 spiro atoms. The van der Waals surface area contributed by atoms with Gasteiger partial charge in [-0.1, -0.05) is 44.2 Å². The van der Waals surface area contributed by atoms with Crippen molar-refractivity contribution in [3.8, 4) is 11.5 Å². The highest BCUT2D eigenvalue weighted by molar-refractivity contribution is 5.59. The molecule has 7 heteroatoms. The highest BCUT2D eigenvalue weighted by Crippen LogP contribution is 2.69. The molecule has 2 aromatic carbocycles. The maximum Gasteiger partial charge on any atom is 0.417 e. The Morgan fingerprint density at radius 1 is 0.963 bits per heavy atom. The highest BCUT2D eigenvalue weighted by Gasteiger charge is 2.61. The summed E-state index contributed by atoms with van der Waals surface area (Å²) >= 11 is 0. The Kier molecular flexibility index (Phi) is 3.87. The summed E-state index contributed by atoms with van der Waals surface area (Å²) in [7, 11) is 0. The number of nitrogens with zero attached hydrogens (tertiary/aromatic N) is 2. The average Bonchev–Trinajstić information content (AvgIpc) is 2.94. The molecule has 0 aliphatic heterocycles. The van der Waals surface area contributed by atoms with Crippen LogP contribution in [0.4, 0.5) is 17.6 Å². The van der Waals surface area contributed by atoms with Gasteiger partial charge in [0.05, 0.1) is 17.0 Å².